The zero-order chi connectivity index (χ0) is 15.0. The van der Waals surface area contributed by atoms with Crippen molar-refractivity contribution in [3.05, 3.63) is 23.8 Å². The molecule has 1 saturated carbocycles. The molecule has 1 saturated heterocycles. The molecule has 4 nitrogen and oxygen atoms in total. The minimum Gasteiger partial charge on any atom is -0.497 e. The summed E-state index contributed by atoms with van der Waals surface area (Å²) in [5.41, 5.74) is 1.09. The van der Waals surface area contributed by atoms with Gasteiger partial charge in [-0.1, -0.05) is 6.92 Å². The molecule has 1 heterocycles. The Hall–Kier alpha value is -1.71. The molecule has 1 aliphatic heterocycles. The zero-order valence-corrected chi connectivity index (χ0v) is 13.0. The van der Waals surface area contributed by atoms with Gasteiger partial charge in [-0.2, -0.15) is 0 Å². The van der Waals surface area contributed by atoms with Gasteiger partial charge in [0.05, 0.1) is 20.3 Å². The molecule has 4 heteroatoms. The summed E-state index contributed by atoms with van der Waals surface area (Å²) in [6, 6.07) is 6.02. The summed E-state index contributed by atoms with van der Waals surface area (Å²) in [5.74, 6) is 2.71. The molecule has 0 N–H and O–H groups in total. The van der Waals surface area contributed by atoms with Gasteiger partial charge < -0.3 is 14.4 Å². The summed E-state index contributed by atoms with van der Waals surface area (Å²) < 4.78 is 10.8. The second-order valence-electron chi connectivity index (χ2n) is 6.12. The van der Waals surface area contributed by atoms with E-state index in [9.17, 15) is 4.79 Å². The molecule has 0 unspecified atom stereocenters. The van der Waals surface area contributed by atoms with E-state index < -0.39 is 0 Å². The number of benzene rings is 1. The Balaban J connectivity index is 1.86. The van der Waals surface area contributed by atoms with Crippen LogP contribution in [0.4, 0.5) is 0 Å². The number of carbonyl (C=O) groups excluding carboxylic acids is 1. The van der Waals surface area contributed by atoms with Gasteiger partial charge in [0, 0.05) is 24.1 Å². The first-order chi connectivity index (χ1) is 10.2. The molecule has 0 bridgehead atoms. The molecule has 0 radical (unpaired) electrons. The van der Waals surface area contributed by atoms with Crippen LogP contribution < -0.4 is 9.47 Å². The Labute approximate surface area is 126 Å². The maximum atomic E-state index is 12.6. The smallest absolute Gasteiger partial charge is 0.226 e. The summed E-state index contributed by atoms with van der Waals surface area (Å²) in [6.07, 6.45) is 3.12. The van der Waals surface area contributed by atoms with E-state index in [1.165, 1.54) is 0 Å². The standard InChI is InChI=1S/C17H23NO3/c1-11-9-14(11)17(19)18-8-4-5-15(18)13-7-6-12(20-2)10-16(13)21-3/h6-7,10-11,14-15H,4-5,8-9H2,1-3H3/t11-,14+,15-/m0/s1. The average Bonchev–Trinajstić information content (AvgIpc) is 3.05. The van der Waals surface area contributed by atoms with Crippen LogP contribution >= 0.6 is 0 Å². The minimum absolute atomic E-state index is 0.145. The largest absolute Gasteiger partial charge is 0.497 e. The van der Waals surface area contributed by atoms with Crippen LogP contribution in [0.25, 0.3) is 0 Å². The molecule has 1 aromatic carbocycles. The number of rotatable bonds is 4. The third kappa shape index (κ3) is 2.59. The quantitative estimate of drug-likeness (QED) is 0.855. The van der Waals surface area contributed by atoms with Gasteiger partial charge in [-0.05, 0) is 37.3 Å². The van der Waals surface area contributed by atoms with Crippen LogP contribution in [0.5, 0.6) is 11.5 Å². The van der Waals surface area contributed by atoms with E-state index in [1.54, 1.807) is 14.2 Å². The van der Waals surface area contributed by atoms with Crippen molar-refractivity contribution in [3.8, 4) is 11.5 Å². The predicted octanol–water partition coefficient (Wildman–Crippen LogP) is 3.02. The molecule has 3 rings (SSSR count). The molecule has 1 aliphatic carbocycles. The van der Waals surface area contributed by atoms with Gasteiger partial charge in [0.2, 0.25) is 5.91 Å². The lowest BCUT2D eigenvalue weighted by atomic mass is 10.0. The molecule has 1 amide bonds. The van der Waals surface area contributed by atoms with Crippen molar-refractivity contribution in [2.24, 2.45) is 11.8 Å². The molecule has 2 aliphatic rings. The molecular formula is C17H23NO3. The first-order valence-electron chi connectivity index (χ1n) is 7.68. The van der Waals surface area contributed by atoms with Crippen LogP contribution in [-0.4, -0.2) is 31.6 Å². The lowest BCUT2D eigenvalue weighted by Gasteiger charge is -2.26. The lowest BCUT2D eigenvalue weighted by Crippen LogP contribution is -2.32. The van der Waals surface area contributed by atoms with Gasteiger partial charge >= 0.3 is 0 Å². The molecule has 3 atom stereocenters. The van der Waals surface area contributed by atoms with Crippen molar-refractivity contribution in [3.63, 3.8) is 0 Å². The topological polar surface area (TPSA) is 38.8 Å². The van der Waals surface area contributed by atoms with Crippen molar-refractivity contribution in [2.75, 3.05) is 20.8 Å². The van der Waals surface area contributed by atoms with Crippen molar-refractivity contribution in [1.82, 2.24) is 4.90 Å². The monoisotopic (exact) mass is 289 g/mol. The molecule has 0 aromatic heterocycles. The number of nitrogens with zero attached hydrogens (tertiary/aromatic N) is 1. The average molecular weight is 289 g/mol. The highest BCUT2D eigenvalue weighted by Gasteiger charge is 2.44. The maximum absolute atomic E-state index is 12.6. The summed E-state index contributed by atoms with van der Waals surface area (Å²) >= 11 is 0. The molecule has 1 aromatic rings. The summed E-state index contributed by atoms with van der Waals surface area (Å²) in [5, 5.41) is 0. The first kappa shape index (κ1) is 14.2. The fourth-order valence-electron chi connectivity index (χ4n) is 3.33. The second-order valence-corrected chi connectivity index (χ2v) is 6.12. The lowest BCUT2D eigenvalue weighted by molar-refractivity contribution is -0.133. The van der Waals surface area contributed by atoms with Gasteiger partial charge in [0.15, 0.2) is 0 Å². The number of ether oxygens (including phenoxy) is 2. The van der Waals surface area contributed by atoms with E-state index in [-0.39, 0.29) is 12.0 Å². The number of amides is 1. The second kappa shape index (κ2) is 5.58. The van der Waals surface area contributed by atoms with Gasteiger partial charge in [-0.3, -0.25) is 4.79 Å². The van der Waals surface area contributed by atoms with Gasteiger partial charge in [0.25, 0.3) is 0 Å². The number of methoxy groups -OCH3 is 2. The Morgan fingerprint density at radius 1 is 1.29 bits per heavy atom. The van der Waals surface area contributed by atoms with E-state index in [0.29, 0.717) is 11.8 Å². The molecule has 2 fully saturated rings. The first-order valence-corrected chi connectivity index (χ1v) is 7.68. The highest BCUT2D eigenvalue weighted by molar-refractivity contribution is 5.82. The van der Waals surface area contributed by atoms with Gasteiger partial charge in [-0.25, -0.2) is 0 Å². The number of hydrogen-bond donors (Lipinski definition) is 0. The van der Waals surface area contributed by atoms with Crippen molar-refractivity contribution >= 4 is 5.91 Å². The van der Waals surface area contributed by atoms with E-state index in [2.05, 4.69) is 11.8 Å². The Bertz CT molecular complexity index is 543. The normalized spacial score (nSPS) is 27.6. The molecular weight excluding hydrogens is 266 g/mol. The maximum Gasteiger partial charge on any atom is 0.226 e. The van der Waals surface area contributed by atoms with E-state index in [4.69, 9.17) is 9.47 Å². The number of hydrogen-bond acceptors (Lipinski definition) is 3. The molecule has 0 spiro atoms. The SMILES string of the molecule is COc1ccc([C@@H]2CCCN2C(=O)[C@@H]2C[C@@H]2C)c(OC)c1. The van der Waals surface area contributed by atoms with Crippen molar-refractivity contribution < 1.29 is 14.3 Å². The fourth-order valence-corrected chi connectivity index (χ4v) is 3.33. The van der Waals surface area contributed by atoms with Crippen LogP contribution in [0.3, 0.4) is 0 Å². The Kier molecular flexibility index (Phi) is 3.79. The van der Waals surface area contributed by atoms with Crippen LogP contribution in [0.15, 0.2) is 18.2 Å². The van der Waals surface area contributed by atoms with E-state index in [1.807, 2.05) is 18.2 Å². The zero-order valence-electron chi connectivity index (χ0n) is 13.0. The minimum atomic E-state index is 0.145. The van der Waals surface area contributed by atoms with Crippen molar-refractivity contribution in [2.45, 2.75) is 32.2 Å². The Morgan fingerprint density at radius 2 is 2.05 bits per heavy atom. The number of likely N-dealkylation sites (tertiary alicyclic amines) is 1. The highest BCUT2D eigenvalue weighted by atomic mass is 16.5. The van der Waals surface area contributed by atoms with Gasteiger partial charge in [0.1, 0.15) is 11.5 Å². The summed E-state index contributed by atoms with van der Waals surface area (Å²) in [4.78, 5) is 14.6. The summed E-state index contributed by atoms with van der Waals surface area (Å²) in [6.45, 7) is 3.02. The molecule has 21 heavy (non-hydrogen) atoms. The van der Waals surface area contributed by atoms with Crippen LogP contribution in [0, 0.1) is 11.8 Å². The third-order valence-corrected chi connectivity index (χ3v) is 4.76. The van der Waals surface area contributed by atoms with Crippen LogP contribution in [0.2, 0.25) is 0 Å². The highest BCUT2D eigenvalue weighted by Crippen LogP contribution is 2.44. The fraction of sp³-hybridized carbons (Fsp3) is 0.588. The van der Waals surface area contributed by atoms with Crippen LogP contribution in [0.1, 0.15) is 37.8 Å². The Morgan fingerprint density at radius 3 is 2.67 bits per heavy atom. The van der Waals surface area contributed by atoms with E-state index in [0.717, 1.165) is 42.9 Å². The predicted molar refractivity (Wildman–Crippen MR) is 80.5 cm³/mol. The third-order valence-electron chi connectivity index (χ3n) is 4.76. The summed E-state index contributed by atoms with van der Waals surface area (Å²) in [7, 11) is 3.32. The van der Waals surface area contributed by atoms with Crippen LogP contribution in [-0.2, 0) is 4.79 Å². The number of carbonyl (C=O) groups is 1. The van der Waals surface area contributed by atoms with Gasteiger partial charge in [-0.15, -0.1) is 0 Å². The molecule has 114 valence electrons. The van der Waals surface area contributed by atoms with Crippen molar-refractivity contribution in [1.29, 1.82) is 0 Å². The van der Waals surface area contributed by atoms with E-state index >= 15 is 0 Å².